The van der Waals surface area contributed by atoms with Gasteiger partial charge in [0, 0.05) is 37.3 Å². The van der Waals surface area contributed by atoms with E-state index in [0.717, 1.165) is 42.0 Å². The van der Waals surface area contributed by atoms with Crippen molar-refractivity contribution in [3.63, 3.8) is 0 Å². The van der Waals surface area contributed by atoms with Gasteiger partial charge in [0.05, 0.1) is 11.6 Å². The second-order valence-electron chi connectivity index (χ2n) is 5.27. The number of β-amino-alcohol motifs (C(OH)–C–C–N with tert-alkyl or cyclic N) is 1. The quantitative estimate of drug-likeness (QED) is 0.768. The minimum atomic E-state index is -0.229. The fraction of sp³-hybridized carbons (Fsp3) is 0.538. The molecule has 0 amide bonds. The van der Waals surface area contributed by atoms with E-state index in [-0.39, 0.29) is 6.10 Å². The molecule has 2 aromatic rings. The number of nitrogens with one attached hydrogen (secondary N) is 1. The van der Waals surface area contributed by atoms with Crippen LogP contribution in [0.4, 0.5) is 5.82 Å². The molecule has 0 saturated carbocycles. The van der Waals surface area contributed by atoms with Crippen molar-refractivity contribution in [1.29, 1.82) is 0 Å². The number of aromatic nitrogens is 3. The summed E-state index contributed by atoms with van der Waals surface area (Å²) < 4.78 is 0. The Balaban J connectivity index is 1.76. The summed E-state index contributed by atoms with van der Waals surface area (Å²) in [6.07, 6.45) is 5.27. The van der Waals surface area contributed by atoms with Gasteiger partial charge in [0.2, 0.25) is 0 Å². The summed E-state index contributed by atoms with van der Waals surface area (Å²) in [6, 6.07) is 0. The Morgan fingerprint density at radius 2 is 2.35 bits per heavy atom. The first kappa shape index (κ1) is 13.7. The summed E-state index contributed by atoms with van der Waals surface area (Å²) in [5.41, 5.74) is 8.60. The number of hydrogen-bond donors (Lipinski definition) is 3. The Labute approximate surface area is 121 Å². The van der Waals surface area contributed by atoms with Gasteiger partial charge >= 0.3 is 0 Å². The first-order chi connectivity index (χ1) is 9.69. The number of aliphatic hydroxyl groups is 1. The van der Waals surface area contributed by atoms with Crippen LogP contribution in [0, 0.1) is 5.92 Å². The maximum Gasteiger partial charge on any atom is 0.151 e. The van der Waals surface area contributed by atoms with E-state index < -0.39 is 0 Å². The summed E-state index contributed by atoms with van der Waals surface area (Å²) in [4.78, 5) is 13.7. The molecule has 3 rings (SSSR count). The molecule has 20 heavy (non-hydrogen) atoms. The van der Waals surface area contributed by atoms with Gasteiger partial charge in [0.25, 0.3) is 0 Å². The van der Waals surface area contributed by atoms with E-state index in [4.69, 9.17) is 5.73 Å². The van der Waals surface area contributed by atoms with E-state index in [0.29, 0.717) is 11.7 Å². The van der Waals surface area contributed by atoms with E-state index in [1.54, 1.807) is 11.8 Å². The van der Waals surface area contributed by atoms with Gasteiger partial charge in [-0.1, -0.05) is 0 Å². The molecule has 3 heterocycles. The van der Waals surface area contributed by atoms with Crippen molar-refractivity contribution in [2.45, 2.75) is 12.6 Å². The van der Waals surface area contributed by atoms with Crippen molar-refractivity contribution in [2.24, 2.45) is 5.92 Å². The van der Waals surface area contributed by atoms with Gasteiger partial charge in [0.15, 0.2) is 5.82 Å². The van der Waals surface area contributed by atoms with Crippen molar-refractivity contribution in [3.05, 3.63) is 18.1 Å². The molecule has 2 atom stereocenters. The second kappa shape index (κ2) is 5.59. The Bertz CT molecular complexity index is 601. The molecule has 1 aliphatic heterocycles. The van der Waals surface area contributed by atoms with E-state index in [1.807, 2.05) is 6.20 Å². The molecule has 1 aliphatic rings. The highest BCUT2D eigenvalue weighted by molar-refractivity contribution is 7.98. The number of likely N-dealkylation sites (tertiary alicyclic amines) is 1. The molecule has 1 saturated heterocycles. The van der Waals surface area contributed by atoms with E-state index >= 15 is 0 Å². The van der Waals surface area contributed by atoms with Crippen molar-refractivity contribution >= 4 is 28.6 Å². The highest BCUT2D eigenvalue weighted by atomic mass is 32.2. The van der Waals surface area contributed by atoms with E-state index in [9.17, 15) is 5.11 Å². The van der Waals surface area contributed by atoms with Crippen LogP contribution in [0.5, 0.6) is 0 Å². The van der Waals surface area contributed by atoms with Crippen LogP contribution in [0.3, 0.4) is 0 Å². The number of aromatic amines is 1. The minimum Gasteiger partial charge on any atom is -0.391 e. The van der Waals surface area contributed by atoms with Crippen LogP contribution in [0.15, 0.2) is 12.5 Å². The third kappa shape index (κ3) is 2.48. The van der Waals surface area contributed by atoms with Crippen LogP contribution in [0.25, 0.3) is 11.0 Å². The van der Waals surface area contributed by atoms with Gasteiger partial charge in [-0.05, 0) is 12.0 Å². The van der Waals surface area contributed by atoms with Gasteiger partial charge in [-0.3, -0.25) is 4.90 Å². The summed E-state index contributed by atoms with van der Waals surface area (Å²) in [7, 11) is 0. The maximum atomic E-state index is 10.1. The van der Waals surface area contributed by atoms with Crippen LogP contribution in [-0.4, -0.2) is 56.2 Å². The maximum absolute atomic E-state index is 10.1. The van der Waals surface area contributed by atoms with Gasteiger partial charge in [-0.25, -0.2) is 9.97 Å². The molecule has 0 aromatic carbocycles. The number of rotatable bonds is 4. The zero-order valence-electron chi connectivity index (χ0n) is 11.4. The monoisotopic (exact) mass is 293 g/mol. The highest BCUT2D eigenvalue weighted by Crippen LogP contribution is 2.25. The fourth-order valence-electron chi connectivity index (χ4n) is 2.82. The van der Waals surface area contributed by atoms with Crippen LogP contribution >= 0.6 is 11.8 Å². The molecular formula is C13H19N5OS. The Morgan fingerprint density at radius 1 is 1.50 bits per heavy atom. The number of hydrogen-bond acceptors (Lipinski definition) is 6. The van der Waals surface area contributed by atoms with Crippen LogP contribution in [-0.2, 0) is 6.54 Å². The van der Waals surface area contributed by atoms with Crippen molar-refractivity contribution in [1.82, 2.24) is 19.9 Å². The standard InChI is InChI=1S/C13H19N5OS/c1-20-6-9-4-18(5-10(9)19)3-8-2-15-12-11(8)16-7-17-13(12)14/h2,7,9-10,15,19H,3-6H2,1H3,(H2,14,16,17)/t9?,10-/m0/s1. The molecule has 0 radical (unpaired) electrons. The Kier molecular flexibility index (Phi) is 3.82. The minimum absolute atomic E-state index is 0.229. The molecule has 2 aromatic heterocycles. The molecule has 0 aliphatic carbocycles. The summed E-state index contributed by atoms with van der Waals surface area (Å²) in [5, 5.41) is 10.1. The lowest BCUT2D eigenvalue weighted by atomic mass is 10.1. The molecule has 7 heteroatoms. The zero-order valence-corrected chi connectivity index (χ0v) is 12.2. The molecule has 1 fully saturated rings. The topological polar surface area (TPSA) is 91.1 Å². The number of nitrogens with two attached hydrogens (primary N) is 1. The highest BCUT2D eigenvalue weighted by Gasteiger charge is 2.31. The molecular weight excluding hydrogens is 274 g/mol. The average molecular weight is 293 g/mol. The van der Waals surface area contributed by atoms with E-state index in [1.165, 1.54) is 6.33 Å². The number of fused-ring (bicyclic) bond motifs is 1. The first-order valence-electron chi connectivity index (χ1n) is 6.65. The third-order valence-electron chi connectivity index (χ3n) is 3.83. The molecule has 108 valence electrons. The number of aliphatic hydroxyl groups excluding tert-OH is 1. The van der Waals surface area contributed by atoms with Crippen molar-refractivity contribution in [2.75, 3.05) is 30.8 Å². The van der Waals surface area contributed by atoms with Crippen molar-refractivity contribution < 1.29 is 5.11 Å². The lowest BCUT2D eigenvalue weighted by molar-refractivity contribution is 0.149. The predicted molar refractivity (Wildman–Crippen MR) is 81.5 cm³/mol. The fourth-order valence-corrected chi connectivity index (χ4v) is 3.58. The lowest BCUT2D eigenvalue weighted by Gasteiger charge is -2.14. The number of thioether (sulfide) groups is 1. The molecule has 0 spiro atoms. The Hall–Kier alpha value is -1.31. The lowest BCUT2D eigenvalue weighted by Crippen LogP contribution is -2.21. The van der Waals surface area contributed by atoms with Crippen molar-refractivity contribution in [3.8, 4) is 0 Å². The molecule has 1 unspecified atom stereocenters. The molecule has 0 bridgehead atoms. The summed E-state index contributed by atoms with van der Waals surface area (Å²) >= 11 is 1.79. The average Bonchev–Trinajstić information content (AvgIpc) is 2.97. The number of nitrogen functional groups attached to an aromatic ring is 1. The number of nitrogens with zero attached hydrogens (tertiary/aromatic N) is 3. The predicted octanol–water partition coefficient (Wildman–Crippen LogP) is 0.696. The largest absolute Gasteiger partial charge is 0.391 e. The first-order valence-corrected chi connectivity index (χ1v) is 8.04. The number of H-pyrrole nitrogens is 1. The second-order valence-corrected chi connectivity index (χ2v) is 6.18. The van der Waals surface area contributed by atoms with Crippen LogP contribution in [0.1, 0.15) is 5.56 Å². The zero-order chi connectivity index (χ0) is 14.1. The molecule has 6 nitrogen and oxygen atoms in total. The van der Waals surface area contributed by atoms with Crippen LogP contribution < -0.4 is 5.73 Å². The number of anilines is 1. The smallest absolute Gasteiger partial charge is 0.151 e. The van der Waals surface area contributed by atoms with Gasteiger partial charge in [0.1, 0.15) is 11.8 Å². The molecule has 4 N–H and O–H groups in total. The summed E-state index contributed by atoms with van der Waals surface area (Å²) in [5.74, 6) is 1.83. The summed E-state index contributed by atoms with van der Waals surface area (Å²) in [6.45, 7) is 2.42. The van der Waals surface area contributed by atoms with Crippen LogP contribution in [0.2, 0.25) is 0 Å². The normalized spacial score (nSPS) is 23.7. The third-order valence-corrected chi connectivity index (χ3v) is 4.59. The van der Waals surface area contributed by atoms with Gasteiger partial charge in [-0.15, -0.1) is 0 Å². The SMILES string of the molecule is CSCC1CN(Cc2c[nH]c3c(N)ncnc23)C[C@@H]1O. The van der Waals surface area contributed by atoms with E-state index in [2.05, 4.69) is 26.1 Å². The van der Waals surface area contributed by atoms with Gasteiger partial charge in [-0.2, -0.15) is 11.8 Å². The van der Waals surface area contributed by atoms with Gasteiger partial charge < -0.3 is 15.8 Å². The Morgan fingerprint density at radius 3 is 3.15 bits per heavy atom.